The molecule has 0 bridgehead atoms. The Labute approximate surface area is 93.9 Å². The minimum Gasteiger partial charge on any atom is -0.488 e. The molecule has 4 heteroatoms. The zero-order valence-electron chi connectivity index (χ0n) is 8.78. The molecule has 16 heavy (non-hydrogen) atoms. The summed E-state index contributed by atoms with van der Waals surface area (Å²) in [5.74, 6) is 0.906. The third-order valence-corrected chi connectivity index (χ3v) is 2.61. The van der Waals surface area contributed by atoms with Gasteiger partial charge in [-0.25, -0.2) is 10.3 Å². The van der Waals surface area contributed by atoms with Gasteiger partial charge < -0.3 is 9.30 Å². The van der Waals surface area contributed by atoms with Crippen molar-refractivity contribution in [1.82, 2.24) is 14.9 Å². The quantitative estimate of drug-likeness (QED) is 0.771. The minimum atomic E-state index is 0.277. The molecule has 81 valence electrons. The number of hydrogen-bond acceptors (Lipinski definition) is 2. The number of rotatable bonds is 3. The summed E-state index contributed by atoms with van der Waals surface area (Å²) in [4.78, 5) is 4.01. The van der Waals surface area contributed by atoms with Crippen molar-refractivity contribution >= 4 is 0 Å². The molecule has 0 N–H and O–H groups in total. The smallest absolute Gasteiger partial charge is 0.127 e. The summed E-state index contributed by atoms with van der Waals surface area (Å²) in [6.07, 6.45) is 5.74. The molecule has 1 fully saturated rings. The Kier molecular flexibility index (Phi) is 2.34. The number of aromatic nitrogens is 2. The Hall–Kier alpha value is -1.81. The molecule has 1 radical (unpaired) electrons. The lowest BCUT2D eigenvalue weighted by Crippen LogP contribution is -2.45. The van der Waals surface area contributed by atoms with E-state index in [9.17, 15) is 0 Å². The van der Waals surface area contributed by atoms with Gasteiger partial charge in [-0.2, -0.15) is 0 Å². The maximum Gasteiger partial charge on any atom is 0.127 e. The maximum absolute atomic E-state index is 5.70. The summed E-state index contributed by atoms with van der Waals surface area (Å²) in [5.41, 5.74) is 1.09. The van der Waals surface area contributed by atoms with E-state index in [1.807, 2.05) is 35.0 Å². The average Bonchev–Trinajstić information content (AvgIpc) is 2.78. The van der Waals surface area contributed by atoms with E-state index in [0.717, 1.165) is 24.5 Å². The molecule has 3 rings (SSSR count). The van der Waals surface area contributed by atoms with Crippen molar-refractivity contribution in [3.05, 3.63) is 43.0 Å². The third-order valence-electron chi connectivity index (χ3n) is 2.61. The molecule has 1 aromatic carbocycles. The van der Waals surface area contributed by atoms with Crippen molar-refractivity contribution in [2.24, 2.45) is 0 Å². The first-order chi connectivity index (χ1) is 7.92. The monoisotopic (exact) mass is 214 g/mol. The van der Waals surface area contributed by atoms with Crippen molar-refractivity contribution in [3.8, 4) is 11.4 Å². The molecule has 1 aromatic heterocycles. The molecule has 1 aliphatic rings. The van der Waals surface area contributed by atoms with Gasteiger partial charge >= 0.3 is 0 Å². The molecule has 0 amide bonds. The van der Waals surface area contributed by atoms with E-state index >= 15 is 0 Å². The molecule has 0 unspecified atom stereocenters. The molecule has 0 saturated carbocycles. The molecule has 0 aliphatic carbocycles. The van der Waals surface area contributed by atoms with E-state index < -0.39 is 0 Å². The highest BCUT2D eigenvalue weighted by molar-refractivity contribution is 5.37. The molecule has 0 atom stereocenters. The predicted octanol–water partition coefficient (Wildman–Crippen LogP) is 1.24. The number of nitrogens with zero attached hydrogens (tertiary/aromatic N) is 3. The van der Waals surface area contributed by atoms with Crippen LogP contribution in [0.25, 0.3) is 5.69 Å². The normalized spacial score (nSPS) is 15.8. The van der Waals surface area contributed by atoms with Crippen LogP contribution in [0.1, 0.15) is 0 Å². The van der Waals surface area contributed by atoms with Crippen LogP contribution in [-0.4, -0.2) is 28.7 Å². The number of imidazole rings is 1. The van der Waals surface area contributed by atoms with Crippen LogP contribution in [-0.2, 0) is 0 Å². The summed E-state index contributed by atoms with van der Waals surface area (Å²) < 4.78 is 7.66. The number of ether oxygens (including phenoxy) is 1. The van der Waals surface area contributed by atoms with Crippen LogP contribution in [0.15, 0.2) is 43.0 Å². The van der Waals surface area contributed by atoms with Crippen LogP contribution in [0, 0.1) is 0 Å². The fraction of sp³-hybridized carbons (Fsp3) is 0.250. The second kappa shape index (κ2) is 3.98. The summed E-state index contributed by atoms with van der Waals surface area (Å²) in [6, 6.07) is 8.00. The lowest BCUT2D eigenvalue weighted by atomic mass is 10.2. The first-order valence-corrected chi connectivity index (χ1v) is 5.30. The number of hydrogen-bond donors (Lipinski definition) is 0. The van der Waals surface area contributed by atoms with Crippen molar-refractivity contribution < 1.29 is 4.74 Å². The fourth-order valence-electron chi connectivity index (χ4n) is 1.61. The zero-order chi connectivity index (χ0) is 10.8. The van der Waals surface area contributed by atoms with E-state index in [1.54, 1.807) is 12.5 Å². The molecule has 2 aromatic rings. The largest absolute Gasteiger partial charge is 0.488 e. The summed E-state index contributed by atoms with van der Waals surface area (Å²) >= 11 is 0. The fourth-order valence-corrected chi connectivity index (χ4v) is 1.61. The van der Waals surface area contributed by atoms with Gasteiger partial charge in [-0.3, -0.25) is 0 Å². The van der Waals surface area contributed by atoms with Crippen molar-refractivity contribution in [1.29, 1.82) is 0 Å². The first kappa shape index (κ1) is 9.42. The topological polar surface area (TPSA) is 41.2 Å². The van der Waals surface area contributed by atoms with Gasteiger partial charge in [0.15, 0.2) is 0 Å². The van der Waals surface area contributed by atoms with Gasteiger partial charge in [-0.15, -0.1) is 0 Å². The third kappa shape index (κ3) is 1.79. The SMILES string of the molecule is c1cn(-c2ccc(OC3C[N]C3)cc2)cn1. The van der Waals surface area contributed by atoms with Gasteiger partial charge in [-0.05, 0) is 24.3 Å². The lowest BCUT2D eigenvalue weighted by Gasteiger charge is -2.26. The average molecular weight is 214 g/mol. The highest BCUT2D eigenvalue weighted by atomic mass is 16.5. The van der Waals surface area contributed by atoms with Crippen molar-refractivity contribution in [3.63, 3.8) is 0 Å². The van der Waals surface area contributed by atoms with Crippen molar-refractivity contribution in [2.75, 3.05) is 13.1 Å². The van der Waals surface area contributed by atoms with Crippen LogP contribution in [0.2, 0.25) is 0 Å². The molecule has 1 aliphatic heterocycles. The Morgan fingerprint density at radius 2 is 2.00 bits per heavy atom. The van der Waals surface area contributed by atoms with E-state index in [2.05, 4.69) is 10.3 Å². The van der Waals surface area contributed by atoms with Gasteiger partial charge in [0, 0.05) is 18.1 Å². The van der Waals surface area contributed by atoms with Crippen LogP contribution in [0.4, 0.5) is 0 Å². The zero-order valence-corrected chi connectivity index (χ0v) is 8.78. The van der Waals surface area contributed by atoms with Crippen LogP contribution >= 0.6 is 0 Å². The Balaban J connectivity index is 1.74. The molecule has 4 nitrogen and oxygen atoms in total. The first-order valence-electron chi connectivity index (χ1n) is 5.30. The van der Waals surface area contributed by atoms with Crippen LogP contribution in [0.3, 0.4) is 0 Å². The lowest BCUT2D eigenvalue weighted by molar-refractivity contribution is 0.139. The van der Waals surface area contributed by atoms with Crippen molar-refractivity contribution in [2.45, 2.75) is 6.10 Å². The van der Waals surface area contributed by atoms with Gasteiger partial charge in [0.25, 0.3) is 0 Å². The molecule has 1 saturated heterocycles. The molecule has 2 heterocycles. The Morgan fingerprint density at radius 1 is 1.19 bits per heavy atom. The van der Waals surface area contributed by atoms with Gasteiger partial charge in [0.05, 0.1) is 19.4 Å². The Morgan fingerprint density at radius 3 is 2.56 bits per heavy atom. The second-order valence-corrected chi connectivity index (χ2v) is 3.79. The minimum absolute atomic E-state index is 0.277. The van der Waals surface area contributed by atoms with Gasteiger partial charge in [0.1, 0.15) is 11.9 Å². The van der Waals surface area contributed by atoms with Gasteiger partial charge in [0.2, 0.25) is 0 Å². The van der Waals surface area contributed by atoms with Crippen LogP contribution in [0.5, 0.6) is 5.75 Å². The summed E-state index contributed by atoms with van der Waals surface area (Å²) in [7, 11) is 0. The number of benzene rings is 1. The molecular formula is C12H12N3O. The predicted molar refractivity (Wildman–Crippen MR) is 59.8 cm³/mol. The van der Waals surface area contributed by atoms with E-state index in [-0.39, 0.29) is 6.10 Å². The van der Waals surface area contributed by atoms with Gasteiger partial charge in [-0.1, -0.05) is 0 Å². The second-order valence-electron chi connectivity index (χ2n) is 3.79. The van der Waals surface area contributed by atoms with Crippen LogP contribution < -0.4 is 10.1 Å². The van der Waals surface area contributed by atoms with E-state index in [1.165, 1.54) is 0 Å². The summed E-state index contributed by atoms with van der Waals surface area (Å²) in [6.45, 7) is 1.65. The standard InChI is InChI=1S/C12H12N3O/c1-3-11(16-12-7-14-8-12)4-2-10(1)15-6-5-13-9-15/h1-6,9,12H,7-8H2. The Bertz CT molecular complexity index is 446. The van der Waals surface area contributed by atoms with E-state index in [4.69, 9.17) is 4.74 Å². The molecule has 0 spiro atoms. The highest BCUT2D eigenvalue weighted by Crippen LogP contribution is 2.17. The summed E-state index contributed by atoms with van der Waals surface area (Å²) in [5, 5.41) is 4.12. The van der Waals surface area contributed by atoms with E-state index in [0.29, 0.717) is 0 Å². The highest BCUT2D eigenvalue weighted by Gasteiger charge is 2.19. The maximum atomic E-state index is 5.70. The molecular weight excluding hydrogens is 202 g/mol.